The van der Waals surface area contributed by atoms with E-state index in [9.17, 15) is 4.79 Å². The van der Waals surface area contributed by atoms with Crippen molar-refractivity contribution in [2.45, 2.75) is 58.2 Å². The fourth-order valence-electron chi connectivity index (χ4n) is 4.63. The number of fused-ring (bicyclic) bond motifs is 1. The predicted octanol–water partition coefficient (Wildman–Crippen LogP) is 6.21. The minimum absolute atomic E-state index is 0.264. The van der Waals surface area contributed by atoms with Gasteiger partial charge in [-0.1, -0.05) is 63.5 Å². The Bertz CT molecular complexity index is 727. The number of aromatic nitrogens is 1. The van der Waals surface area contributed by atoms with Gasteiger partial charge in [0.1, 0.15) is 0 Å². The molecule has 0 saturated heterocycles. The summed E-state index contributed by atoms with van der Waals surface area (Å²) < 4.78 is 8.52. The van der Waals surface area contributed by atoms with Crippen LogP contribution in [0.2, 0.25) is 16.6 Å². The number of esters is 1. The zero-order valence-electron chi connectivity index (χ0n) is 15.7. The van der Waals surface area contributed by atoms with Crippen LogP contribution in [-0.4, -0.2) is 25.5 Å². The third kappa shape index (κ3) is 2.86. The molecule has 2 rings (SSSR count). The molecule has 0 fully saturated rings. The van der Waals surface area contributed by atoms with E-state index in [1.165, 1.54) is 7.11 Å². The highest BCUT2D eigenvalue weighted by molar-refractivity contribution is 9.10. The molecule has 0 N–H and O–H groups in total. The van der Waals surface area contributed by atoms with Crippen molar-refractivity contribution >= 4 is 41.0 Å². The lowest BCUT2D eigenvalue weighted by molar-refractivity contribution is 0.0603. The lowest BCUT2D eigenvalue weighted by atomic mass is 10.2. The van der Waals surface area contributed by atoms with Crippen LogP contribution in [0.15, 0.2) is 28.9 Å². The molecule has 0 radical (unpaired) electrons. The number of methoxy groups -OCH3 is 1. The van der Waals surface area contributed by atoms with Crippen LogP contribution in [0.4, 0.5) is 0 Å². The second-order valence-electron chi connectivity index (χ2n) is 7.42. The van der Waals surface area contributed by atoms with Crippen LogP contribution in [0.1, 0.15) is 51.9 Å². The molecule has 0 saturated carbocycles. The van der Waals surface area contributed by atoms with E-state index in [4.69, 9.17) is 4.74 Å². The molecule has 0 aliphatic rings. The fraction of sp³-hybridized carbons (Fsp3) is 0.526. The first-order valence-corrected chi connectivity index (χ1v) is 11.5. The number of rotatable bonds is 5. The van der Waals surface area contributed by atoms with Crippen LogP contribution < -0.4 is 0 Å². The smallest absolute Gasteiger partial charge is 0.340 e. The number of hydrogen-bond acceptors (Lipinski definition) is 2. The minimum Gasteiger partial charge on any atom is -0.465 e. The summed E-state index contributed by atoms with van der Waals surface area (Å²) in [5, 5.41) is 0.976. The van der Waals surface area contributed by atoms with Gasteiger partial charge in [0.05, 0.1) is 12.7 Å². The second-order valence-corrected chi connectivity index (χ2v) is 14.1. The van der Waals surface area contributed by atoms with Crippen LogP contribution >= 0.6 is 15.9 Å². The number of benzene rings is 1. The molecule has 0 unspecified atom stereocenters. The fourth-order valence-corrected chi connectivity index (χ4v) is 11.6. The lowest BCUT2D eigenvalue weighted by Crippen LogP contribution is -2.51. The predicted molar refractivity (Wildman–Crippen MR) is 107 cm³/mol. The van der Waals surface area contributed by atoms with Crippen LogP contribution in [0.3, 0.4) is 0 Å². The molecule has 3 nitrogen and oxygen atoms in total. The number of ether oxygens (including phenoxy) is 1. The summed E-state index contributed by atoms with van der Waals surface area (Å²) in [4.78, 5) is 12.3. The second kappa shape index (κ2) is 7.04. The summed E-state index contributed by atoms with van der Waals surface area (Å²) in [5.74, 6) is -0.264. The summed E-state index contributed by atoms with van der Waals surface area (Å²) >= 11 is 3.59. The maximum atomic E-state index is 12.3. The van der Waals surface area contributed by atoms with Gasteiger partial charge in [0.15, 0.2) is 8.24 Å². The van der Waals surface area contributed by atoms with E-state index in [1.807, 2.05) is 12.1 Å². The molecule has 1 heterocycles. The first-order valence-electron chi connectivity index (χ1n) is 8.57. The topological polar surface area (TPSA) is 31.2 Å². The Hall–Kier alpha value is -1.07. The van der Waals surface area contributed by atoms with Gasteiger partial charge in [-0.25, -0.2) is 4.79 Å². The highest BCUT2D eigenvalue weighted by Crippen LogP contribution is 2.45. The maximum absolute atomic E-state index is 12.3. The van der Waals surface area contributed by atoms with E-state index in [1.54, 1.807) is 0 Å². The summed E-state index contributed by atoms with van der Waals surface area (Å²) in [6, 6.07) is 6.14. The number of carbonyl (C=O) groups is 1. The van der Waals surface area contributed by atoms with E-state index >= 15 is 0 Å². The van der Waals surface area contributed by atoms with Gasteiger partial charge in [-0.2, -0.15) is 0 Å². The molecule has 1 aromatic heterocycles. The van der Waals surface area contributed by atoms with Crippen molar-refractivity contribution in [3.8, 4) is 0 Å². The van der Waals surface area contributed by atoms with Crippen LogP contribution in [0.5, 0.6) is 0 Å². The van der Waals surface area contributed by atoms with Crippen molar-refractivity contribution in [2.24, 2.45) is 0 Å². The molecule has 0 amide bonds. The monoisotopic (exact) mass is 409 g/mol. The van der Waals surface area contributed by atoms with E-state index in [0.29, 0.717) is 22.2 Å². The summed E-state index contributed by atoms with van der Waals surface area (Å²) in [6.45, 7) is 14.0. The summed E-state index contributed by atoms with van der Waals surface area (Å²) in [6.07, 6.45) is 2.05. The molecule has 0 spiro atoms. The zero-order valence-corrected chi connectivity index (χ0v) is 18.3. The highest BCUT2D eigenvalue weighted by atomic mass is 79.9. The van der Waals surface area contributed by atoms with Crippen molar-refractivity contribution in [3.63, 3.8) is 0 Å². The number of halogens is 1. The molecule has 132 valence electrons. The lowest BCUT2D eigenvalue weighted by Gasteiger charge is -2.44. The van der Waals surface area contributed by atoms with Gasteiger partial charge >= 0.3 is 5.97 Å². The van der Waals surface area contributed by atoms with Gasteiger partial charge < -0.3 is 8.97 Å². The van der Waals surface area contributed by atoms with E-state index in [0.717, 1.165) is 15.4 Å². The Morgan fingerprint density at radius 1 is 1.08 bits per heavy atom. The van der Waals surface area contributed by atoms with E-state index in [2.05, 4.69) is 74.0 Å². The number of nitrogens with zero attached hydrogens (tertiary/aromatic N) is 1. The number of carbonyl (C=O) groups excluding carboxylic acids is 1. The Labute approximate surface area is 154 Å². The van der Waals surface area contributed by atoms with Crippen molar-refractivity contribution in [1.82, 2.24) is 4.23 Å². The van der Waals surface area contributed by atoms with E-state index in [-0.39, 0.29) is 5.97 Å². The SMILES string of the molecule is COC(=O)c1cn([Si](C(C)C)(C(C)C)C(C)C)c2cc(Br)ccc12. The molecule has 0 aliphatic heterocycles. The van der Waals surface area contributed by atoms with Crippen LogP contribution in [0, 0.1) is 0 Å². The minimum atomic E-state index is -1.94. The van der Waals surface area contributed by atoms with Gasteiger partial charge in [-0.3, -0.25) is 0 Å². The van der Waals surface area contributed by atoms with Gasteiger partial charge in [0, 0.05) is 21.6 Å². The molecule has 0 aliphatic carbocycles. The molecule has 5 heteroatoms. The molecule has 0 bridgehead atoms. The van der Waals surface area contributed by atoms with Crippen LogP contribution in [-0.2, 0) is 4.74 Å². The van der Waals surface area contributed by atoms with Crippen LogP contribution in [0.25, 0.3) is 10.9 Å². The zero-order chi connectivity index (χ0) is 18.2. The average Bonchev–Trinajstić information content (AvgIpc) is 2.85. The quantitative estimate of drug-likeness (QED) is 0.433. The Morgan fingerprint density at radius 3 is 2.08 bits per heavy atom. The average molecular weight is 410 g/mol. The van der Waals surface area contributed by atoms with Crippen molar-refractivity contribution in [3.05, 3.63) is 34.4 Å². The van der Waals surface area contributed by atoms with Gasteiger partial charge in [0.25, 0.3) is 0 Å². The highest BCUT2D eigenvalue weighted by Gasteiger charge is 2.46. The van der Waals surface area contributed by atoms with Gasteiger partial charge in [-0.05, 0) is 28.8 Å². The maximum Gasteiger partial charge on any atom is 0.340 e. The normalized spacial score (nSPS) is 12.6. The molecule has 24 heavy (non-hydrogen) atoms. The standard InChI is InChI=1S/C19H28BrNO2Si/c1-12(2)24(13(3)4,14(5)6)21-11-17(19(22)23-7)16-9-8-15(20)10-18(16)21/h8-14H,1-7H3. The summed E-state index contributed by atoms with van der Waals surface area (Å²) in [5.41, 5.74) is 3.46. The van der Waals surface area contributed by atoms with Gasteiger partial charge in [-0.15, -0.1) is 0 Å². The van der Waals surface area contributed by atoms with Crippen molar-refractivity contribution in [2.75, 3.05) is 7.11 Å². The largest absolute Gasteiger partial charge is 0.465 e. The molecular weight excluding hydrogens is 382 g/mol. The molecule has 2 aromatic rings. The Balaban J connectivity index is 2.92. The number of hydrogen-bond donors (Lipinski definition) is 0. The Kier molecular flexibility index (Phi) is 5.65. The molecule has 1 aromatic carbocycles. The molecular formula is C19H28BrNO2Si. The van der Waals surface area contributed by atoms with Gasteiger partial charge in [0.2, 0.25) is 0 Å². The van der Waals surface area contributed by atoms with E-state index < -0.39 is 8.24 Å². The first-order chi connectivity index (χ1) is 11.2. The van der Waals surface area contributed by atoms with Crippen molar-refractivity contribution < 1.29 is 9.53 Å². The Morgan fingerprint density at radius 2 is 1.62 bits per heavy atom. The summed E-state index contributed by atoms with van der Waals surface area (Å²) in [7, 11) is -0.494. The van der Waals surface area contributed by atoms with Crippen molar-refractivity contribution in [1.29, 1.82) is 0 Å². The third-order valence-electron chi connectivity index (χ3n) is 5.36. The molecule has 0 atom stereocenters. The third-order valence-corrected chi connectivity index (χ3v) is 12.6. The first kappa shape index (κ1) is 19.3.